The van der Waals surface area contributed by atoms with Gasteiger partial charge in [0.15, 0.2) is 0 Å². The third-order valence-corrected chi connectivity index (χ3v) is 1.04. The average Bonchev–Trinajstić information content (AvgIpc) is 1.89. The van der Waals surface area contributed by atoms with Crippen LogP contribution in [0.3, 0.4) is 0 Å². The van der Waals surface area contributed by atoms with Gasteiger partial charge in [-0.1, -0.05) is 5.92 Å². The van der Waals surface area contributed by atoms with Gasteiger partial charge in [0, 0.05) is 13.5 Å². The fourth-order valence-electron chi connectivity index (χ4n) is 0.559. The topological polar surface area (TPSA) is 9.23 Å². The lowest BCUT2D eigenvalue weighted by Gasteiger charge is -1.94. The second-order valence-electron chi connectivity index (χ2n) is 1.82. The fourth-order valence-corrected chi connectivity index (χ4v) is 0.559. The molecule has 0 aromatic carbocycles. The van der Waals surface area contributed by atoms with Gasteiger partial charge < -0.3 is 4.74 Å². The van der Waals surface area contributed by atoms with Gasteiger partial charge in [0.2, 0.25) is 0 Å². The Balaban J connectivity index is 2.69. The molecule has 0 aromatic heterocycles. The summed E-state index contributed by atoms with van der Waals surface area (Å²) in [5.74, 6) is 2.34. The minimum absolute atomic E-state index is 0.775. The Morgan fingerprint density at radius 2 is 2.33 bits per heavy atom. The van der Waals surface area contributed by atoms with E-state index >= 15 is 0 Å². The Labute approximate surface area is 57.4 Å². The van der Waals surface area contributed by atoms with Crippen LogP contribution in [0, 0.1) is 19.0 Å². The lowest BCUT2D eigenvalue weighted by Crippen LogP contribution is -1.80. The van der Waals surface area contributed by atoms with E-state index in [0.29, 0.717) is 0 Å². The van der Waals surface area contributed by atoms with Gasteiger partial charge in [-0.15, -0.1) is 0 Å². The van der Waals surface area contributed by atoms with Gasteiger partial charge in [-0.05, 0) is 25.7 Å². The smallest absolute Gasteiger partial charge is 0.0832 e. The molecule has 0 aromatic rings. The van der Waals surface area contributed by atoms with Gasteiger partial charge >= 0.3 is 0 Å². The Morgan fingerprint density at radius 1 is 1.56 bits per heavy atom. The summed E-state index contributed by atoms with van der Waals surface area (Å²) in [6.45, 7) is 1.78. The van der Waals surface area contributed by atoms with E-state index in [2.05, 4.69) is 5.92 Å². The van der Waals surface area contributed by atoms with E-state index < -0.39 is 0 Å². The molecule has 0 amide bonds. The van der Waals surface area contributed by atoms with E-state index in [9.17, 15) is 0 Å². The largest absolute Gasteiger partial charge is 0.379 e. The molecule has 0 N–H and O–H groups in total. The van der Waals surface area contributed by atoms with Crippen LogP contribution in [-0.2, 0) is 4.74 Å². The normalized spacial score (nSPS) is 8.89. The van der Waals surface area contributed by atoms with E-state index in [1.54, 1.807) is 13.7 Å². The van der Waals surface area contributed by atoms with Crippen LogP contribution < -0.4 is 0 Å². The highest BCUT2D eigenvalue weighted by Gasteiger charge is 1.85. The van der Waals surface area contributed by atoms with Crippen LogP contribution in [0.5, 0.6) is 0 Å². The van der Waals surface area contributed by atoms with Crippen molar-refractivity contribution < 1.29 is 4.74 Å². The van der Waals surface area contributed by atoms with Crippen molar-refractivity contribution in [2.75, 3.05) is 7.11 Å². The lowest BCUT2D eigenvalue weighted by molar-refractivity contribution is 0.262. The number of rotatable bonds is 5. The number of methoxy groups -OCH3 is 1. The third kappa shape index (κ3) is 7.52. The Bertz CT molecular complexity index is 81.1. The zero-order chi connectivity index (χ0) is 6.95. The Kier molecular flexibility index (Phi) is 7.12. The maximum atomic E-state index is 6.59. The number of hydrogen-bond donors (Lipinski definition) is 0. The van der Waals surface area contributed by atoms with Crippen molar-refractivity contribution in [2.24, 2.45) is 0 Å². The summed E-state index contributed by atoms with van der Waals surface area (Å²) in [6, 6.07) is 0. The highest BCUT2D eigenvalue weighted by atomic mass is 16.5. The molecule has 0 spiro atoms. The van der Waals surface area contributed by atoms with Gasteiger partial charge in [0.25, 0.3) is 0 Å². The van der Waals surface area contributed by atoms with E-state index in [-0.39, 0.29) is 0 Å². The van der Waals surface area contributed by atoms with Crippen molar-refractivity contribution in [3.63, 3.8) is 0 Å². The quantitative estimate of drug-likeness (QED) is 0.402. The van der Waals surface area contributed by atoms with E-state index in [4.69, 9.17) is 11.2 Å². The molecule has 2 radical (unpaired) electrons. The molecule has 0 atom stereocenters. The molecule has 0 heterocycles. The summed E-state index contributed by atoms with van der Waals surface area (Å²) in [4.78, 5) is 0. The van der Waals surface area contributed by atoms with Crippen LogP contribution in [0.1, 0.15) is 25.7 Å². The zero-order valence-corrected chi connectivity index (χ0v) is 5.81. The minimum atomic E-state index is 0.775. The van der Waals surface area contributed by atoms with E-state index in [1.165, 1.54) is 0 Å². The van der Waals surface area contributed by atoms with Crippen molar-refractivity contribution in [2.45, 2.75) is 25.7 Å². The fraction of sp³-hybridized carbons (Fsp3) is 0.625. The number of hydrogen-bond acceptors (Lipinski definition) is 1. The van der Waals surface area contributed by atoms with Crippen LogP contribution in [0.25, 0.3) is 0 Å². The van der Waals surface area contributed by atoms with E-state index in [0.717, 1.165) is 25.7 Å². The molecule has 0 rings (SSSR count). The summed E-state index contributed by atoms with van der Waals surface area (Å²) in [7, 11) is 1.66. The molecule has 1 heteroatoms. The molecule has 0 aliphatic rings. The lowest BCUT2D eigenvalue weighted by atomic mass is 10.2. The monoisotopic (exact) mass is 124 g/mol. The molecule has 0 fully saturated rings. The molecule has 0 saturated carbocycles. The van der Waals surface area contributed by atoms with Gasteiger partial charge in [0.1, 0.15) is 0 Å². The van der Waals surface area contributed by atoms with Crippen LogP contribution in [-0.4, -0.2) is 7.11 Å². The number of unbranched alkanes of at least 4 members (excludes halogenated alkanes) is 3. The molecular weight excluding hydrogens is 112 g/mol. The summed E-state index contributed by atoms with van der Waals surface area (Å²) in [5.41, 5.74) is 0. The van der Waals surface area contributed by atoms with Gasteiger partial charge in [0.05, 0.1) is 6.61 Å². The van der Waals surface area contributed by atoms with Crippen molar-refractivity contribution in [1.82, 2.24) is 0 Å². The maximum Gasteiger partial charge on any atom is 0.0832 e. The predicted molar refractivity (Wildman–Crippen MR) is 36.9 cm³/mol. The van der Waals surface area contributed by atoms with Gasteiger partial charge in [-0.2, -0.15) is 0 Å². The molecule has 0 saturated heterocycles. The second kappa shape index (κ2) is 7.52. The molecule has 1 nitrogen and oxygen atoms in total. The average molecular weight is 124 g/mol. The molecule has 50 valence electrons. The molecular formula is C8H12O. The van der Waals surface area contributed by atoms with Crippen molar-refractivity contribution in [3.8, 4) is 5.92 Å². The van der Waals surface area contributed by atoms with Gasteiger partial charge in [-0.3, -0.25) is 0 Å². The highest BCUT2D eigenvalue weighted by Crippen LogP contribution is 2.00. The molecule has 0 unspecified atom stereocenters. The summed E-state index contributed by atoms with van der Waals surface area (Å²) < 4.78 is 4.73. The highest BCUT2D eigenvalue weighted by molar-refractivity contribution is 4.74. The SMILES string of the molecule is [C]#CCCCC[CH]OC. The standard InChI is InChI=1S/C8H12O/c1-3-4-5-6-7-8-9-2/h8H,4-7H2,2H3. The predicted octanol–water partition coefficient (Wildman–Crippen LogP) is 1.94. The number of ether oxygens (including phenoxy) is 1. The third-order valence-electron chi connectivity index (χ3n) is 1.04. The Morgan fingerprint density at radius 3 is 2.89 bits per heavy atom. The first-order valence-electron chi connectivity index (χ1n) is 3.16. The van der Waals surface area contributed by atoms with Crippen LogP contribution in [0.4, 0.5) is 0 Å². The van der Waals surface area contributed by atoms with Crippen molar-refractivity contribution in [1.29, 1.82) is 0 Å². The van der Waals surface area contributed by atoms with Crippen molar-refractivity contribution >= 4 is 0 Å². The zero-order valence-electron chi connectivity index (χ0n) is 5.81. The van der Waals surface area contributed by atoms with Crippen LogP contribution >= 0.6 is 0 Å². The Hall–Kier alpha value is -0.480. The van der Waals surface area contributed by atoms with E-state index in [1.807, 2.05) is 0 Å². The molecule has 0 bridgehead atoms. The summed E-state index contributed by atoms with van der Waals surface area (Å²) >= 11 is 0. The van der Waals surface area contributed by atoms with Crippen LogP contribution in [0.2, 0.25) is 0 Å². The van der Waals surface area contributed by atoms with Gasteiger partial charge in [-0.25, -0.2) is 0 Å². The van der Waals surface area contributed by atoms with Crippen molar-refractivity contribution in [3.05, 3.63) is 13.0 Å². The molecule has 0 aliphatic carbocycles. The summed E-state index contributed by atoms with van der Waals surface area (Å²) in [6.07, 6.45) is 10.5. The maximum absolute atomic E-state index is 6.59. The molecule has 0 aliphatic heterocycles. The van der Waals surface area contributed by atoms with Crippen LogP contribution in [0.15, 0.2) is 0 Å². The second-order valence-corrected chi connectivity index (χ2v) is 1.82. The summed E-state index contributed by atoms with van der Waals surface area (Å²) in [5, 5.41) is 0. The minimum Gasteiger partial charge on any atom is -0.379 e. The first-order chi connectivity index (χ1) is 4.41. The first kappa shape index (κ1) is 8.52. The first-order valence-corrected chi connectivity index (χ1v) is 3.16. The molecule has 9 heavy (non-hydrogen) atoms.